The summed E-state index contributed by atoms with van der Waals surface area (Å²) in [4.78, 5) is 35.2. The van der Waals surface area contributed by atoms with Gasteiger partial charge in [-0.1, -0.05) is 41.9 Å². The zero-order chi connectivity index (χ0) is 22.7. The molecule has 0 aliphatic carbocycles. The molecule has 1 aromatic carbocycles. The van der Waals surface area contributed by atoms with E-state index in [2.05, 4.69) is 39.7 Å². The Morgan fingerprint density at radius 1 is 1.23 bits per heavy atom. The maximum atomic E-state index is 13.5. The van der Waals surface area contributed by atoms with Crippen LogP contribution < -0.4 is 0 Å². The van der Waals surface area contributed by atoms with Crippen LogP contribution >= 0.6 is 27.3 Å². The van der Waals surface area contributed by atoms with E-state index in [1.54, 1.807) is 11.8 Å². The number of carbonyl (C=O) groups excluding carboxylic acids is 2. The second-order valence-electron chi connectivity index (χ2n) is 7.57. The number of carbonyl (C=O) groups is 2. The standard InChI is InChI=1S/C23H28BrN3O3S/c1-5-26(6-2)12-7-13-27-19(16-8-10-17(24)11-9-16)18(21(29)23(27)30)20(28)22-14(3)25-15(4)31-22/h8-11,19,29H,5-7,12-13H2,1-4H3/t19-/m0/s1. The van der Waals surface area contributed by atoms with Crippen molar-refractivity contribution >= 4 is 39.0 Å². The number of rotatable bonds is 9. The molecule has 0 saturated heterocycles. The topological polar surface area (TPSA) is 73.7 Å². The zero-order valence-corrected chi connectivity index (χ0v) is 20.7. The molecule has 3 rings (SSSR count). The number of ketones is 1. The van der Waals surface area contributed by atoms with Gasteiger partial charge in [-0.25, -0.2) is 4.98 Å². The number of hydrogen-bond donors (Lipinski definition) is 1. The predicted octanol–water partition coefficient (Wildman–Crippen LogP) is 4.83. The van der Waals surface area contributed by atoms with Gasteiger partial charge in [-0.05, 0) is 57.6 Å². The lowest BCUT2D eigenvalue weighted by molar-refractivity contribution is -0.129. The second-order valence-corrected chi connectivity index (χ2v) is 9.69. The van der Waals surface area contributed by atoms with Crippen LogP contribution in [0.4, 0.5) is 0 Å². The van der Waals surface area contributed by atoms with Gasteiger partial charge in [0.25, 0.3) is 5.91 Å². The van der Waals surface area contributed by atoms with Gasteiger partial charge in [-0.2, -0.15) is 0 Å². The summed E-state index contributed by atoms with van der Waals surface area (Å²) in [7, 11) is 0. The van der Waals surface area contributed by atoms with Gasteiger partial charge < -0.3 is 14.9 Å². The van der Waals surface area contributed by atoms with Crippen LogP contribution in [0.15, 0.2) is 40.1 Å². The molecule has 1 aliphatic heterocycles. The van der Waals surface area contributed by atoms with E-state index in [9.17, 15) is 14.7 Å². The minimum Gasteiger partial charge on any atom is -0.503 e. The summed E-state index contributed by atoms with van der Waals surface area (Å²) in [5.41, 5.74) is 1.56. The number of aromatic nitrogens is 1. The third kappa shape index (κ3) is 4.91. The maximum absolute atomic E-state index is 13.5. The lowest BCUT2D eigenvalue weighted by Gasteiger charge is -2.28. The fourth-order valence-corrected chi connectivity index (χ4v) is 5.11. The van der Waals surface area contributed by atoms with Crippen molar-refractivity contribution in [2.45, 2.75) is 40.2 Å². The molecule has 1 atom stereocenters. The molecule has 0 unspecified atom stereocenters. The summed E-state index contributed by atoms with van der Waals surface area (Å²) in [5.74, 6) is -1.27. The molecule has 0 radical (unpaired) electrons. The van der Waals surface area contributed by atoms with Crippen LogP contribution in [0.25, 0.3) is 0 Å². The van der Waals surface area contributed by atoms with Crippen molar-refractivity contribution in [3.8, 4) is 0 Å². The van der Waals surface area contributed by atoms with Crippen LogP contribution in [0.2, 0.25) is 0 Å². The summed E-state index contributed by atoms with van der Waals surface area (Å²) >= 11 is 4.73. The van der Waals surface area contributed by atoms with Crippen molar-refractivity contribution in [3.05, 3.63) is 61.2 Å². The Hall–Kier alpha value is -2.03. The average molecular weight is 506 g/mol. The fourth-order valence-electron chi connectivity index (χ4n) is 3.98. The Balaban J connectivity index is 1.97. The van der Waals surface area contributed by atoms with E-state index in [4.69, 9.17) is 0 Å². The molecule has 166 valence electrons. The molecule has 1 N–H and O–H groups in total. The number of thiazole rings is 1. The molecule has 2 heterocycles. The first-order valence-electron chi connectivity index (χ1n) is 10.5. The van der Waals surface area contributed by atoms with Gasteiger partial charge in [-0.15, -0.1) is 11.3 Å². The molecule has 0 bridgehead atoms. The SMILES string of the molecule is CCN(CC)CCCN1C(=O)C(O)=C(C(=O)c2sc(C)nc2C)[C@@H]1c1ccc(Br)cc1. The average Bonchev–Trinajstić information content (AvgIpc) is 3.21. The Morgan fingerprint density at radius 3 is 2.42 bits per heavy atom. The summed E-state index contributed by atoms with van der Waals surface area (Å²) in [6.45, 7) is 11.0. The summed E-state index contributed by atoms with van der Waals surface area (Å²) in [6, 6.07) is 6.92. The first-order chi connectivity index (χ1) is 14.8. The molecule has 0 saturated carbocycles. The zero-order valence-electron chi connectivity index (χ0n) is 18.3. The fraction of sp³-hybridized carbons (Fsp3) is 0.435. The number of aliphatic hydroxyl groups excluding tert-OH is 1. The van der Waals surface area contributed by atoms with E-state index >= 15 is 0 Å². The molecule has 1 aliphatic rings. The largest absolute Gasteiger partial charge is 0.503 e. The number of aryl methyl sites for hydroxylation is 2. The van der Waals surface area contributed by atoms with E-state index in [0.717, 1.165) is 41.1 Å². The molecule has 0 spiro atoms. The number of halogens is 1. The van der Waals surface area contributed by atoms with Crippen LogP contribution in [-0.2, 0) is 4.79 Å². The normalized spacial score (nSPS) is 16.6. The lowest BCUT2D eigenvalue weighted by Crippen LogP contribution is -2.34. The van der Waals surface area contributed by atoms with Crippen LogP contribution in [0.5, 0.6) is 0 Å². The highest BCUT2D eigenvalue weighted by Crippen LogP contribution is 2.40. The van der Waals surface area contributed by atoms with Crippen molar-refractivity contribution < 1.29 is 14.7 Å². The minimum atomic E-state index is -0.619. The molecule has 2 aromatic rings. The number of nitrogens with zero attached hydrogens (tertiary/aromatic N) is 3. The molecule has 6 nitrogen and oxygen atoms in total. The first-order valence-corrected chi connectivity index (χ1v) is 12.1. The summed E-state index contributed by atoms with van der Waals surface area (Å²) in [5, 5.41) is 11.6. The third-order valence-electron chi connectivity index (χ3n) is 5.61. The Morgan fingerprint density at radius 2 is 1.87 bits per heavy atom. The van der Waals surface area contributed by atoms with Crippen LogP contribution in [0, 0.1) is 13.8 Å². The Kier molecular flexibility index (Phi) is 7.67. The van der Waals surface area contributed by atoms with E-state index in [0.29, 0.717) is 17.1 Å². The molecule has 8 heteroatoms. The molecule has 1 amide bonds. The van der Waals surface area contributed by atoms with Crippen molar-refractivity contribution in [2.75, 3.05) is 26.2 Å². The smallest absolute Gasteiger partial charge is 0.290 e. The van der Waals surface area contributed by atoms with Gasteiger partial charge in [0.1, 0.15) is 0 Å². The van der Waals surface area contributed by atoms with Gasteiger partial charge in [0, 0.05) is 11.0 Å². The van der Waals surface area contributed by atoms with Crippen LogP contribution in [-0.4, -0.2) is 57.8 Å². The maximum Gasteiger partial charge on any atom is 0.290 e. The van der Waals surface area contributed by atoms with Crippen LogP contribution in [0.1, 0.15) is 52.2 Å². The highest BCUT2D eigenvalue weighted by Gasteiger charge is 2.44. The van der Waals surface area contributed by atoms with Gasteiger partial charge in [0.05, 0.1) is 27.2 Å². The molecular weight excluding hydrogens is 478 g/mol. The number of benzene rings is 1. The van der Waals surface area contributed by atoms with E-state index in [1.165, 1.54) is 11.3 Å². The lowest BCUT2D eigenvalue weighted by atomic mass is 9.95. The van der Waals surface area contributed by atoms with Crippen molar-refractivity contribution in [1.82, 2.24) is 14.8 Å². The van der Waals surface area contributed by atoms with Crippen molar-refractivity contribution in [1.29, 1.82) is 0 Å². The number of aliphatic hydroxyl groups is 1. The quantitative estimate of drug-likeness (QED) is 0.493. The number of hydrogen-bond acceptors (Lipinski definition) is 6. The Labute approximate surface area is 195 Å². The van der Waals surface area contributed by atoms with Gasteiger partial charge >= 0.3 is 0 Å². The van der Waals surface area contributed by atoms with E-state index < -0.39 is 17.7 Å². The van der Waals surface area contributed by atoms with Gasteiger partial charge in [0.15, 0.2) is 5.76 Å². The highest BCUT2D eigenvalue weighted by molar-refractivity contribution is 9.10. The molecular formula is C23H28BrN3O3S. The monoisotopic (exact) mass is 505 g/mol. The van der Waals surface area contributed by atoms with E-state index in [-0.39, 0.29) is 11.4 Å². The Bertz CT molecular complexity index is 996. The second kappa shape index (κ2) is 10.1. The minimum absolute atomic E-state index is 0.141. The van der Waals surface area contributed by atoms with E-state index in [1.807, 2.05) is 31.2 Å². The highest BCUT2D eigenvalue weighted by atomic mass is 79.9. The summed E-state index contributed by atoms with van der Waals surface area (Å²) < 4.78 is 0.906. The van der Waals surface area contributed by atoms with Gasteiger partial charge in [-0.3, -0.25) is 9.59 Å². The number of amides is 1. The van der Waals surface area contributed by atoms with Crippen molar-refractivity contribution in [3.63, 3.8) is 0 Å². The molecule has 0 fully saturated rings. The molecule has 31 heavy (non-hydrogen) atoms. The number of Topliss-reactive ketones (excluding diaryl/α,β-unsaturated/α-hetero) is 1. The predicted molar refractivity (Wildman–Crippen MR) is 127 cm³/mol. The molecule has 1 aromatic heterocycles. The van der Waals surface area contributed by atoms with Crippen molar-refractivity contribution in [2.24, 2.45) is 0 Å². The summed E-state index contributed by atoms with van der Waals surface area (Å²) in [6.07, 6.45) is 0.758. The first kappa shape index (κ1) is 23.6. The van der Waals surface area contributed by atoms with Crippen LogP contribution in [0.3, 0.4) is 0 Å². The third-order valence-corrected chi connectivity index (χ3v) is 7.21. The van der Waals surface area contributed by atoms with Gasteiger partial charge in [0.2, 0.25) is 5.78 Å².